The van der Waals surface area contributed by atoms with E-state index in [0.717, 1.165) is 83.0 Å². The van der Waals surface area contributed by atoms with E-state index in [2.05, 4.69) is 157 Å². The third kappa shape index (κ3) is 5.24. The van der Waals surface area contributed by atoms with Crippen molar-refractivity contribution in [2.75, 3.05) is 0 Å². The zero-order valence-electron chi connectivity index (χ0n) is 28.4. The van der Waals surface area contributed by atoms with E-state index in [-0.39, 0.29) is 12.2 Å². The number of furan rings is 2. The van der Waals surface area contributed by atoms with Gasteiger partial charge in [0.25, 0.3) is 0 Å². The first kappa shape index (κ1) is 30.3. The molecular formula is C48H34N2O2. The lowest BCUT2D eigenvalue weighted by atomic mass is 9.92. The summed E-state index contributed by atoms with van der Waals surface area (Å²) in [6, 6.07) is 57.1. The van der Waals surface area contributed by atoms with Gasteiger partial charge in [0.1, 0.15) is 28.5 Å². The summed E-state index contributed by atoms with van der Waals surface area (Å²) >= 11 is 0. The molecular weight excluding hydrogens is 637 g/mol. The van der Waals surface area contributed by atoms with Gasteiger partial charge in [0.15, 0.2) is 0 Å². The molecule has 2 unspecified atom stereocenters. The van der Waals surface area contributed by atoms with Crippen LogP contribution in [0.15, 0.2) is 190 Å². The molecule has 0 aliphatic carbocycles. The molecule has 10 rings (SSSR count). The Morgan fingerprint density at radius 2 is 1.13 bits per heavy atom. The maximum atomic E-state index is 6.48. The molecule has 0 amide bonds. The number of benzene rings is 7. The zero-order valence-corrected chi connectivity index (χ0v) is 28.4. The molecule has 1 aliphatic rings. The summed E-state index contributed by atoms with van der Waals surface area (Å²) in [5, 5.41) is 8.22. The summed E-state index contributed by atoms with van der Waals surface area (Å²) in [7, 11) is 0. The van der Waals surface area contributed by atoms with Gasteiger partial charge in [-0.2, -0.15) is 0 Å². The van der Waals surface area contributed by atoms with E-state index in [1.807, 2.05) is 18.2 Å². The molecule has 2 atom stereocenters. The molecule has 1 aliphatic heterocycles. The smallest absolute Gasteiger partial charge is 0.136 e. The molecule has 1 N–H and O–H groups in total. The highest BCUT2D eigenvalue weighted by Gasteiger charge is 2.28. The van der Waals surface area contributed by atoms with E-state index in [0.29, 0.717) is 6.42 Å². The average Bonchev–Trinajstić information content (AvgIpc) is 3.71. The van der Waals surface area contributed by atoms with Crippen LogP contribution in [0.1, 0.15) is 35.3 Å². The number of para-hydroxylation sites is 1. The van der Waals surface area contributed by atoms with Gasteiger partial charge in [0.2, 0.25) is 0 Å². The summed E-state index contributed by atoms with van der Waals surface area (Å²) in [4.78, 5) is 5.52. The Kier molecular flexibility index (Phi) is 7.22. The quantitative estimate of drug-likeness (QED) is 0.185. The van der Waals surface area contributed by atoms with Crippen molar-refractivity contribution >= 4 is 49.6 Å². The normalized spacial score (nSPS) is 16.5. The van der Waals surface area contributed by atoms with Crippen LogP contribution < -0.4 is 5.32 Å². The highest BCUT2D eigenvalue weighted by atomic mass is 16.3. The summed E-state index contributed by atoms with van der Waals surface area (Å²) in [6.07, 6.45) is 0.270. The second kappa shape index (κ2) is 12.4. The second-order valence-corrected chi connectivity index (χ2v) is 13.6. The van der Waals surface area contributed by atoms with Crippen molar-refractivity contribution in [2.45, 2.75) is 18.6 Å². The summed E-state index contributed by atoms with van der Waals surface area (Å²) in [5.41, 5.74) is 13.4. The van der Waals surface area contributed by atoms with Gasteiger partial charge in [0, 0.05) is 39.2 Å². The van der Waals surface area contributed by atoms with Gasteiger partial charge >= 0.3 is 0 Å². The number of aliphatic imine (C=N–C) groups is 1. The van der Waals surface area contributed by atoms with Crippen molar-refractivity contribution in [1.29, 1.82) is 0 Å². The topological polar surface area (TPSA) is 50.7 Å². The highest BCUT2D eigenvalue weighted by Crippen LogP contribution is 2.39. The molecule has 0 saturated carbocycles. The molecule has 0 bridgehead atoms. The van der Waals surface area contributed by atoms with Crippen LogP contribution in [0.4, 0.5) is 0 Å². The zero-order chi connectivity index (χ0) is 34.6. The Balaban J connectivity index is 1.10. The Morgan fingerprint density at radius 1 is 0.500 bits per heavy atom. The van der Waals surface area contributed by atoms with Crippen LogP contribution in [-0.2, 0) is 0 Å². The van der Waals surface area contributed by atoms with Crippen LogP contribution >= 0.6 is 0 Å². The molecule has 9 aromatic rings. The van der Waals surface area contributed by atoms with Crippen molar-refractivity contribution in [1.82, 2.24) is 5.32 Å². The van der Waals surface area contributed by atoms with E-state index in [1.54, 1.807) is 0 Å². The summed E-state index contributed by atoms with van der Waals surface area (Å²) in [6.45, 7) is 4.64. The minimum atomic E-state index is -0.343. The molecule has 4 heteroatoms. The highest BCUT2D eigenvalue weighted by molar-refractivity contribution is 6.19. The van der Waals surface area contributed by atoms with Crippen LogP contribution in [0.2, 0.25) is 0 Å². The van der Waals surface area contributed by atoms with E-state index in [1.165, 1.54) is 11.1 Å². The standard InChI is InChI=1S/C48H34N2O2/c1-30-27-41(49-48(50-47(30)34-13-6-3-7-14-34)36-23-25-38-37-15-8-9-17-42(37)52-45(38)29-36)39-16-10-18-44-46(39)40-28-35(24-26-43(40)51-44)33-21-19-32(20-22-33)31-11-4-2-5-12-31/h2-26,28-29,47-48,50H,1,27H2. The number of hydrogen-bond acceptors (Lipinski definition) is 4. The van der Waals surface area contributed by atoms with E-state index in [4.69, 9.17) is 13.8 Å². The molecule has 4 nitrogen and oxygen atoms in total. The third-order valence-corrected chi connectivity index (χ3v) is 10.4. The molecule has 0 saturated heterocycles. The lowest BCUT2D eigenvalue weighted by molar-refractivity contribution is 0.503. The van der Waals surface area contributed by atoms with E-state index in [9.17, 15) is 0 Å². The number of hydrogen-bond donors (Lipinski definition) is 1. The van der Waals surface area contributed by atoms with Crippen molar-refractivity contribution in [3.05, 3.63) is 193 Å². The van der Waals surface area contributed by atoms with Crippen LogP contribution in [0, 0.1) is 0 Å². The lowest BCUT2D eigenvalue weighted by Gasteiger charge is -2.23. The molecule has 2 aromatic heterocycles. The second-order valence-electron chi connectivity index (χ2n) is 13.6. The molecule has 52 heavy (non-hydrogen) atoms. The molecule has 0 radical (unpaired) electrons. The monoisotopic (exact) mass is 670 g/mol. The minimum absolute atomic E-state index is 0.0930. The minimum Gasteiger partial charge on any atom is -0.456 e. The van der Waals surface area contributed by atoms with E-state index >= 15 is 0 Å². The first-order valence-electron chi connectivity index (χ1n) is 17.7. The fourth-order valence-electron chi connectivity index (χ4n) is 7.79. The van der Waals surface area contributed by atoms with Crippen molar-refractivity contribution in [3.8, 4) is 22.3 Å². The molecule has 3 heterocycles. The fourth-order valence-corrected chi connectivity index (χ4v) is 7.79. The Morgan fingerprint density at radius 3 is 1.96 bits per heavy atom. The van der Waals surface area contributed by atoms with Gasteiger partial charge in [-0.05, 0) is 63.7 Å². The van der Waals surface area contributed by atoms with Gasteiger partial charge in [-0.3, -0.25) is 10.3 Å². The van der Waals surface area contributed by atoms with E-state index < -0.39 is 0 Å². The maximum Gasteiger partial charge on any atom is 0.136 e. The largest absolute Gasteiger partial charge is 0.456 e. The fraction of sp³-hybridized carbons (Fsp3) is 0.0625. The summed E-state index contributed by atoms with van der Waals surface area (Å²) < 4.78 is 12.8. The molecule has 0 fully saturated rings. The van der Waals surface area contributed by atoms with Crippen LogP contribution in [0.5, 0.6) is 0 Å². The predicted molar refractivity (Wildman–Crippen MR) is 214 cm³/mol. The molecule has 248 valence electrons. The molecule has 7 aromatic carbocycles. The average molecular weight is 671 g/mol. The van der Waals surface area contributed by atoms with Crippen molar-refractivity contribution < 1.29 is 8.83 Å². The van der Waals surface area contributed by atoms with Crippen LogP contribution in [0.25, 0.3) is 66.1 Å². The SMILES string of the molecule is C=C1CC(c2cccc3oc4ccc(-c5ccc(-c6ccccc6)cc5)cc4c23)=NC(c2ccc3c(c2)oc2ccccc23)NC1c1ccccc1. The summed E-state index contributed by atoms with van der Waals surface area (Å²) in [5.74, 6) is 0. The first-order valence-corrected chi connectivity index (χ1v) is 17.7. The van der Waals surface area contributed by atoms with Gasteiger partial charge in [-0.25, -0.2) is 0 Å². The number of fused-ring (bicyclic) bond motifs is 6. The number of nitrogens with zero attached hydrogens (tertiary/aromatic N) is 1. The van der Waals surface area contributed by atoms with Crippen LogP contribution in [0.3, 0.4) is 0 Å². The molecule has 0 spiro atoms. The van der Waals surface area contributed by atoms with Gasteiger partial charge in [0.05, 0.1) is 6.04 Å². The predicted octanol–water partition coefficient (Wildman–Crippen LogP) is 12.6. The van der Waals surface area contributed by atoms with Crippen molar-refractivity contribution in [3.63, 3.8) is 0 Å². The van der Waals surface area contributed by atoms with Crippen LogP contribution in [-0.4, -0.2) is 5.71 Å². The lowest BCUT2D eigenvalue weighted by Crippen LogP contribution is -2.25. The number of nitrogens with one attached hydrogen (secondary N) is 1. The van der Waals surface area contributed by atoms with Gasteiger partial charge in [-0.1, -0.05) is 146 Å². The van der Waals surface area contributed by atoms with Gasteiger partial charge < -0.3 is 8.83 Å². The Hall–Kier alpha value is -6.49. The first-order chi connectivity index (χ1) is 25.7. The third-order valence-electron chi connectivity index (χ3n) is 10.4. The van der Waals surface area contributed by atoms with Crippen molar-refractivity contribution in [2.24, 2.45) is 4.99 Å². The Bertz CT molecular complexity index is 2810. The maximum absolute atomic E-state index is 6.48. The van der Waals surface area contributed by atoms with Gasteiger partial charge in [-0.15, -0.1) is 0 Å². The Labute approximate surface area is 301 Å². The number of rotatable bonds is 5.